The quantitative estimate of drug-likeness (QED) is 0.216. The van der Waals surface area contributed by atoms with E-state index < -0.39 is 0 Å². The van der Waals surface area contributed by atoms with Crippen LogP contribution in [0, 0.1) is 27.7 Å². The zero-order chi connectivity index (χ0) is 29.2. The highest BCUT2D eigenvalue weighted by molar-refractivity contribution is 6.12. The third-order valence-corrected chi connectivity index (χ3v) is 8.19. The van der Waals surface area contributed by atoms with Crippen molar-refractivity contribution in [1.82, 2.24) is 14.5 Å². The molecule has 5 aromatic carbocycles. The van der Waals surface area contributed by atoms with Crippen LogP contribution >= 0.6 is 0 Å². The van der Waals surface area contributed by atoms with E-state index in [0.717, 1.165) is 61.2 Å². The number of benzene rings is 5. The Balaban J connectivity index is 1.41. The van der Waals surface area contributed by atoms with Gasteiger partial charge in [-0.05, 0) is 111 Å². The molecule has 0 saturated carbocycles. The van der Waals surface area contributed by atoms with Gasteiger partial charge in [-0.1, -0.05) is 42.5 Å². The molecule has 8 rings (SSSR count). The third kappa shape index (κ3) is 4.08. The van der Waals surface area contributed by atoms with Gasteiger partial charge in [0, 0.05) is 33.2 Å². The van der Waals surface area contributed by atoms with Crippen molar-refractivity contribution >= 4 is 60.9 Å². The SMILES string of the molecule is Cc1cc(C)cc(N(c2cc(C)cc(C)c2)c2ccc3c(c2)c2ccccc2n3-c2ncnc3c2oc2ccccc23)c1. The predicted octanol–water partition coefficient (Wildman–Crippen LogP) is 10.2. The van der Waals surface area contributed by atoms with Gasteiger partial charge in [0.05, 0.1) is 11.0 Å². The molecular weight excluding hydrogens is 528 g/mol. The molecule has 0 aliphatic heterocycles. The van der Waals surface area contributed by atoms with Crippen molar-refractivity contribution in [2.75, 3.05) is 4.90 Å². The van der Waals surface area contributed by atoms with Crippen LogP contribution in [-0.4, -0.2) is 14.5 Å². The Hall–Kier alpha value is -5.42. The number of aromatic nitrogens is 3. The largest absolute Gasteiger partial charge is 0.450 e. The van der Waals surface area contributed by atoms with Gasteiger partial charge in [0.15, 0.2) is 11.4 Å². The molecule has 0 fully saturated rings. The first kappa shape index (κ1) is 25.3. The molecule has 0 bridgehead atoms. The summed E-state index contributed by atoms with van der Waals surface area (Å²) in [6.07, 6.45) is 1.64. The number of aryl methyl sites for hydroxylation is 4. The smallest absolute Gasteiger partial charge is 0.197 e. The molecule has 0 unspecified atom stereocenters. The maximum Gasteiger partial charge on any atom is 0.197 e. The summed E-state index contributed by atoms with van der Waals surface area (Å²) in [5, 5.41) is 3.29. The van der Waals surface area contributed by atoms with Crippen LogP contribution in [0.5, 0.6) is 0 Å². The van der Waals surface area contributed by atoms with Crippen molar-refractivity contribution in [3.8, 4) is 5.82 Å². The molecule has 0 spiro atoms. The summed E-state index contributed by atoms with van der Waals surface area (Å²) in [5.74, 6) is 0.737. The van der Waals surface area contributed by atoms with Crippen LogP contribution in [0.15, 0.2) is 114 Å². The van der Waals surface area contributed by atoms with Gasteiger partial charge in [-0.3, -0.25) is 4.57 Å². The van der Waals surface area contributed by atoms with Crippen molar-refractivity contribution in [2.45, 2.75) is 27.7 Å². The minimum absolute atomic E-state index is 0.683. The number of anilines is 3. The van der Waals surface area contributed by atoms with E-state index in [-0.39, 0.29) is 0 Å². The lowest BCUT2D eigenvalue weighted by atomic mass is 10.1. The molecule has 3 aromatic heterocycles. The third-order valence-electron chi connectivity index (χ3n) is 8.19. The molecule has 0 aliphatic carbocycles. The van der Waals surface area contributed by atoms with Crippen molar-refractivity contribution in [3.05, 3.63) is 132 Å². The van der Waals surface area contributed by atoms with Crippen LogP contribution in [0.25, 0.3) is 49.7 Å². The van der Waals surface area contributed by atoms with Gasteiger partial charge in [0.1, 0.15) is 17.4 Å². The second-order valence-corrected chi connectivity index (χ2v) is 11.6. The number of hydrogen-bond donors (Lipinski definition) is 0. The molecule has 0 N–H and O–H groups in total. The van der Waals surface area contributed by atoms with Crippen LogP contribution < -0.4 is 4.90 Å². The molecule has 0 atom stereocenters. The lowest BCUT2D eigenvalue weighted by molar-refractivity contribution is 0.662. The topological polar surface area (TPSA) is 47.1 Å². The minimum atomic E-state index is 0.683. The van der Waals surface area contributed by atoms with E-state index in [1.165, 1.54) is 22.3 Å². The number of nitrogens with zero attached hydrogens (tertiary/aromatic N) is 4. The Bertz CT molecular complexity index is 2270. The molecule has 0 radical (unpaired) electrons. The van der Waals surface area contributed by atoms with E-state index in [1.807, 2.05) is 24.3 Å². The molecule has 0 aliphatic rings. The van der Waals surface area contributed by atoms with Gasteiger partial charge < -0.3 is 9.32 Å². The normalized spacial score (nSPS) is 11.7. The summed E-state index contributed by atoms with van der Waals surface area (Å²) >= 11 is 0. The summed E-state index contributed by atoms with van der Waals surface area (Å²) in [6, 6.07) is 36.8. The van der Waals surface area contributed by atoms with Crippen LogP contribution in [-0.2, 0) is 0 Å². The molecule has 0 amide bonds. The van der Waals surface area contributed by atoms with E-state index in [4.69, 9.17) is 9.40 Å². The first-order valence-corrected chi connectivity index (χ1v) is 14.6. The highest BCUT2D eigenvalue weighted by Gasteiger charge is 2.21. The van der Waals surface area contributed by atoms with Crippen LogP contribution in [0.2, 0.25) is 0 Å². The molecule has 5 heteroatoms. The summed E-state index contributed by atoms with van der Waals surface area (Å²) < 4.78 is 8.58. The fourth-order valence-corrected chi connectivity index (χ4v) is 6.61. The van der Waals surface area contributed by atoms with Gasteiger partial charge >= 0.3 is 0 Å². The Morgan fingerprint density at radius 3 is 1.86 bits per heavy atom. The fourth-order valence-electron chi connectivity index (χ4n) is 6.61. The number of hydrogen-bond acceptors (Lipinski definition) is 4. The second kappa shape index (κ2) is 9.57. The van der Waals surface area contributed by atoms with Crippen molar-refractivity contribution in [2.24, 2.45) is 0 Å². The summed E-state index contributed by atoms with van der Waals surface area (Å²) in [6.45, 7) is 8.64. The molecule has 0 saturated heterocycles. The number of para-hydroxylation sites is 2. The first-order valence-electron chi connectivity index (χ1n) is 14.6. The average molecular weight is 559 g/mol. The molecule has 208 valence electrons. The Morgan fingerprint density at radius 1 is 0.558 bits per heavy atom. The summed E-state index contributed by atoms with van der Waals surface area (Å²) in [4.78, 5) is 11.8. The Labute approximate surface area is 249 Å². The highest BCUT2D eigenvalue weighted by Crippen LogP contribution is 2.41. The van der Waals surface area contributed by atoms with Crippen molar-refractivity contribution in [1.29, 1.82) is 0 Å². The molecule has 5 nitrogen and oxygen atoms in total. The number of rotatable bonds is 4. The van der Waals surface area contributed by atoms with Crippen LogP contribution in [0.1, 0.15) is 22.3 Å². The first-order chi connectivity index (χ1) is 20.9. The van der Waals surface area contributed by atoms with Gasteiger partial charge in [0.25, 0.3) is 0 Å². The van der Waals surface area contributed by atoms with E-state index in [9.17, 15) is 0 Å². The van der Waals surface area contributed by atoms with Crippen molar-refractivity contribution in [3.63, 3.8) is 0 Å². The standard InChI is InChI=1S/C38H30N4O/c1-23-15-24(2)18-28(17-23)41(29-19-25(3)16-26(4)20-29)27-13-14-34-32(21-27)30-9-5-7-11-33(30)42(34)38-37-36(39-22-40-38)31-10-6-8-12-35(31)43-37/h5-22H,1-4H3. The number of furan rings is 1. The van der Waals surface area contributed by atoms with Crippen LogP contribution in [0.3, 0.4) is 0 Å². The number of fused-ring (bicyclic) bond motifs is 6. The lowest BCUT2D eigenvalue weighted by Crippen LogP contribution is -2.11. The maximum absolute atomic E-state index is 6.37. The van der Waals surface area contributed by atoms with Gasteiger partial charge in [0.2, 0.25) is 0 Å². The highest BCUT2D eigenvalue weighted by atomic mass is 16.3. The fraction of sp³-hybridized carbons (Fsp3) is 0.105. The summed E-state index contributed by atoms with van der Waals surface area (Å²) in [5.41, 5.74) is 12.8. The van der Waals surface area contributed by atoms with E-state index in [2.05, 4.69) is 121 Å². The molecular formula is C38H30N4O. The average Bonchev–Trinajstić information content (AvgIpc) is 3.52. The van der Waals surface area contributed by atoms with Gasteiger partial charge in [-0.15, -0.1) is 0 Å². The van der Waals surface area contributed by atoms with E-state index >= 15 is 0 Å². The zero-order valence-corrected chi connectivity index (χ0v) is 24.6. The zero-order valence-electron chi connectivity index (χ0n) is 24.6. The van der Waals surface area contributed by atoms with Crippen LogP contribution in [0.4, 0.5) is 17.1 Å². The summed E-state index contributed by atoms with van der Waals surface area (Å²) in [7, 11) is 0. The monoisotopic (exact) mass is 558 g/mol. The lowest BCUT2D eigenvalue weighted by Gasteiger charge is -2.27. The van der Waals surface area contributed by atoms with E-state index in [0.29, 0.717) is 5.58 Å². The molecule has 3 heterocycles. The molecule has 43 heavy (non-hydrogen) atoms. The van der Waals surface area contributed by atoms with Gasteiger partial charge in [-0.2, -0.15) is 0 Å². The van der Waals surface area contributed by atoms with Crippen molar-refractivity contribution < 1.29 is 4.42 Å². The van der Waals surface area contributed by atoms with Gasteiger partial charge in [-0.25, -0.2) is 9.97 Å². The molecule has 8 aromatic rings. The van der Waals surface area contributed by atoms with E-state index in [1.54, 1.807) is 6.33 Å². The predicted molar refractivity (Wildman–Crippen MR) is 177 cm³/mol. The Kier molecular flexibility index (Phi) is 5.63. The second-order valence-electron chi connectivity index (χ2n) is 11.6. The maximum atomic E-state index is 6.37. The Morgan fingerprint density at radius 2 is 1.16 bits per heavy atom. The minimum Gasteiger partial charge on any atom is -0.450 e.